The summed E-state index contributed by atoms with van der Waals surface area (Å²) in [5, 5.41) is 8.14. The number of rotatable bonds is 3. The number of carbonyl (C=O) groups is 1. The standard InChI is InChI=1S/C17H22N4O2S/c1-19-14(2-5-18-19)10-20-6-3-16-15(11-20)21(7-8-23-16)17(22)13-4-9-24-12-13/h2,4-5,9,12,15-16H,3,6-8,10-11H2,1H3/t15-,16-/m0/s1. The summed E-state index contributed by atoms with van der Waals surface area (Å²) in [6.45, 7) is 4.02. The minimum atomic E-state index is 0.133. The molecule has 2 aliphatic heterocycles. The molecular formula is C17H22N4O2S. The molecule has 4 heterocycles. The maximum absolute atomic E-state index is 12.8. The Kier molecular flexibility index (Phi) is 4.39. The molecule has 0 spiro atoms. The molecule has 0 unspecified atom stereocenters. The van der Waals surface area contributed by atoms with E-state index in [2.05, 4.69) is 16.1 Å². The van der Waals surface area contributed by atoms with Gasteiger partial charge in [-0.1, -0.05) is 0 Å². The predicted octanol–water partition coefficient (Wildman–Crippen LogP) is 1.60. The van der Waals surface area contributed by atoms with Gasteiger partial charge in [-0.05, 0) is 23.9 Å². The Bertz CT molecular complexity index is 699. The van der Waals surface area contributed by atoms with Crippen LogP contribution in [0.2, 0.25) is 0 Å². The summed E-state index contributed by atoms with van der Waals surface area (Å²) in [7, 11) is 1.97. The molecule has 0 saturated carbocycles. The smallest absolute Gasteiger partial charge is 0.255 e. The van der Waals surface area contributed by atoms with Gasteiger partial charge in [-0.2, -0.15) is 16.4 Å². The largest absolute Gasteiger partial charge is 0.374 e. The van der Waals surface area contributed by atoms with Gasteiger partial charge in [-0.25, -0.2) is 0 Å². The van der Waals surface area contributed by atoms with E-state index in [1.54, 1.807) is 11.3 Å². The van der Waals surface area contributed by atoms with Gasteiger partial charge in [0, 0.05) is 44.8 Å². The van der Waals surface area contributed by atoms with Crippen LogP contribution in [-0.4, -0.2) is 63.9 Å². The molecule has 7 heteroatoms. The average Bonchev–Trinajstić information content (AvgIpc) is 3.26. The first-order chi connectivity index (χ1) is 11.7. The van der Waals surface area contributed by atoms with E-state index in [-0.39, 0.29) is 18.1 Å². The summed E-state index contributed by atoms with van der Waals surface area (Å²) in [5.74, 6) is 0.136. The van der Waals surface area contributed by atoms with Gasteiger partial charge in [-0.3, -0.25) is 14.4 Å². The van der Waals surface area contributed by atoms with Gasteiger partial charge in [0.15, 0.2) is 0 Å². The van der Waals surface area contributed by atoms with Gasteiger partial charge >= 0.3 is 0 Å². The van der Waals surface area contributed by atoms with Gasteiger partial charge in [0.2, 0.25) is 0 Å². The Morgan fingerprint density at radius 2 is 2.33 bits per heavy atom. The fourth-order valence-electron chi connectivity index (χ4n) is 3.67. The van der Waals surface area contributed by atoms with Crippen molar-refractivity contribution in [3.63, 3.8) is 0 Å². The van der Waals surface area contributed by atoms with Crippen molar-refractivity contribution < 1.29 is 9.53 Å². The zero-order valence-electron chi connectivity index (χ0n) is 13.8. The molecule has 2 fully saturated rings. The topological polar surface area (TPSA) is 50.6 Å². The molecule has 128 valence electrons. The average molecular weight is 346 g/mol. The molecule has 0 bridgehead atoms. The number of hydrogen-bond donors (Lipinski definition) is 0. The molecular weight excluding hydrogens is 324 g/mol. The first-order valence-corrected chi connectivity index (χ1v) is 9.30. The van der Waals surface area contributed by atoms with E-state index in [9.17, 15) is 4.79 Å². The Hall–Kier alpha value is -1.70. The summed E-state index contributed by atoms with van der Waals surface area (Å²) in [4.78, 5) is 17.3. The van der Waals surface area contributed by atoms with E-state index >= 15 is 0 Å². The lowest BCUT2D eigenvalue weighted by Gasteiger charge is -2.47. The number of aryl methyl sites for hydroxylation is 1. The molecule has 2 aromatic heterocycles. The van der Waals surface area contributed by atoms with E-state index in [0.717, 1.165) is 31.6 Å². The molecule has 0 N–H and O–H groups in total. The van der Waals surface area contributed by atoms with Crippen molar-refractivity contribution in [3.05, 3.63) is 40.3 Å². The third-order valence-electron chi connectivity index (χ3n) is 5.01. The van der Waals surface area contributed by atoms with Crippen LogP contribution in [0.15, 0.2) is 29.1 Å². The Morgan fingerprint density at radius 3 is 3.08 bits per heavy atom. The molecule has 4 rings (SSSR count). The minimum absolute atomic E-state index is 0.133. The van der Waals surface area contributed by atoms with Crippen molar-refractivity contribution >= 4 is 17.2 Å². The van der Waals surface area contributed by atoms with Crippen molar-refractivity contribution in [1.29, 1.82) is 0 Å². The van der Waals surface area contributed by atoms with Crippen LogP contribution >= 0.6 is 11.3 Å². The number of amides is 1. The summed E-state index contributed by atoms with van der Waals surface area (Å²) in [6, 6.07) is 4.10. The van der Waals surface area contributed by atoms with E-state index < -0.39 is 0 Å². The van der Waals surface area contributed by atoms with Crippen molar-refractivity contribution in [2.24, 2.45) is 7.05 Å². The van der Waals surface area contributed by atoms with Gasteiger partial charge in [0.1, 0.15) is 0 Å². The first-order valence-electron chi connectivity index (χ1n) is 8.36. The van der Waals surface area contributed by atoms with E-state index in [0.29, 0.717) is 13.2 Å². The second-order valence-electron chi connectivity index (χ2n) is 6.46. The van der Waals surface area contributed by atoms with Gasteiger partial charge < -0.3 is 9.64 Å². The van der Waals surface area contributed by atoms with Crippen LogP contribution in [0.1, 0.15) is 22.5 Å². The highest BCUT2D eigenvalue weighted by Crippen LogP contribution is 2.26. The third-order valence-corrected chi connectivity index (χ3v) is 5.69. The number of hydrogen-bond acceptors (Lipinski definition) is 5. The molecule has 2 atom stereocenters. The number of morpholine rings is 1. The van der Waals surface area contributed by atoms with Crippen LogP contribution in [0.25, 0.3) is 0 Å². The van der Waals surface area contributed by atoms with Gasteiger partial charge in [-0.15, -0.1) is 0 Å². The fraction of sp³-hybridized carbons (Fsp3) is 0.529. The summed E-state index contributed by atoms with van der Waals surface area (Å²) >= 11 is 1.57. The number of fused-ring (bicyclic) bond motifs is 1. The van der Waals surface area contributed by atoms with Crippen LogP contribution < -0.4 is 0 Å². The number of aromatic nitrogens is 2. The van der Waals surface area contributed by atoms with Crippen LogP contribution in [0.3, 0.4) is 0 Å². The number of likely N-dealkylation sites (tertiary alicyclic amines) is 1. The number of carbonyl (C=O) groups excluding carboxylic acids is 1. The summed E-state index contributed by atoms with van der Waals surface area (Å²) in [5.41, 5.74) is 1.99. The van der Waals surface area contributed by atoms with Crippen molar-refractivity contribution in [3.8, 4) is 0 Å². The maximum atomic E-state index is 12.8. The predicted molar refractivity (Wildman–Crippen MR) is 92.0 cm³/mol. The molecule has 6 nitrogen and oxygen atoms in total. The highest BCUT2D eigenvalue weighted by atomic mass is 32.1. The Morgan fingerprint density at radius 1 is 1.42 bits per heavy atom. The molecule has 24 heavy (non-hydrogen) atoms. The highest BCUT2D eigenvalue weighted by Gasteiger charge is 2.39. The summed E-state index contributed by atoms with van der Waals surface area (Å²) in [6.07, 6.45) is 2.96. The second-order valence-corrected chi connectivity index (χ2v) is 7.24. The molecule has 2 aliphatic rings. The van der Waals surface area contributed by atoms with Crippen LogP contribution in [-0.2, 0) is 18.3 Å². The number of ether oxygens (including phenoxy) is 1. The fourth-order valence-corrected chi connectivity index (χ4v) is 4.30. The Labute approximate surface area is 145 Å². The molecule has 0 aromatic carbocycles. The van der Waals surface area contributed by atoms with Gasteiger partial charge in [0.25, 0.3) is 5.91 Å². The lowest BCUT2D eigenvalue weighted by atomic mass is 9.98. The van der Waals surface area contributed by atoms with Crippen molar-refractivity contribution in [2.45, 2.75) is 25.1 Å². The minimum Gasteiger partial charge on any atom is -0.374 e. The van der Waals surface area contributed by atoms with Crippen molar-refractivity contribution in [2.75, 3.05) is 26.2 Å². The molecule has 0 radical (unpaired) electrons. The lowest BCUT2D eigenvalue weighted by molar-refractivity contribution is -0.0916. The van der Waals surface area contributed by atoms with E-state index in [4.69, 9.17) is 4.74 Å². The Balaban J connectivity index is 1.49. The molecule has 2 aromatic rings. The quantitative estimate of drug-likeness (QED) is 0.847. The third kappa shape index (κ3) is 2.99. The van der Waals surface area contributed by atoms with Crippen molar-refractivity contribution in [1.82, 2.24) is 19.6 Å². The molecule has 2 saturated heterocycles. The maximum Gasteiger partial charge on any atom is 0.255 e. The summed E-state index contributed by atoms with van der Waals surface area (Å²) < 4.78 is 7.87. The zero-order valence-corrected chi connectivity index (χ0v) is 14.6. The van der Waals surface area contributed by atoms with E-state index in [1.807, 2.05) is 39.7 Å². The SMILES string of the molecule is Cn1nccc1CN1CC[C@@H]2OCCN(C(=O)c3ccsc3)[C@H]2C1. The zero-order chi connectivity index (χ0) is 16.5. The van der Waals surface area contributed by atoms with Crippen LogP contribution in [0.4, 0.5) is 0 Å². The van der Waals surface area contributed by atoms with Crippen LogP contribution in [0, 0.1) is 0 Å². The first kappa shape index (κ1) is 15.8. The highest BCUT2D eigenvalue weighted by molar-refractivity contribution is 7.08. The lowest BCUT2D eigenvalue weighted by Crippen LogP contribution is -2.61. The number of piperidine rings is 1. The second kappa shape index (κ2) is 6.66. The van der Waals surface area contributed by atoms with Gasteiger partial charge in [0.05, 0.1) is 30.0 Å². The number of thiophene rings is 1. The van der Waals surface area contributed by atoms with E-state index in [1.165, 1.54) is 5.69 Å². The number of nitrogens with zero attached hydrogens (tertiary/aromatic N) is 4. The molecule has 0 aliphatic carbocycles. The van der Waals surface area contributed by atoms with Crippen LogP contribution in [0.5, 0.6) is 0 Å². The molecule has 1 amide bonds. The normalized spacial score (nSPS) is 24.8. The monoisotopic (exact) mass is 346 g/mol.